The molecule has 0 radical (unpaired) electrons. The minimum absolute atomic E-state index is 0.337. The van der Waals surface area contributed by atoms with Crippen molar-refractivity contribution in [2.24, 2.45) is 5.41 Å². The molecule has 0 bridgehead atoms. The van der Waals surface area contributed by atoms with Crippen LogP contribution in [-0.4, -0.2) is 18.2 Å². The molecule has 2 rings (SSSR count). The van der Waals surface area contributed by atoms with Crippen LogP contribution in [0.15, 0.2) is 24.3 Å². The quantitative estimate of drug-likeness (QED) is 0.879. The summed E-state index contributed by atoms with van der Waals surface area (Å²) in [4.78, 5) is 2.43. The van der Waals surface area contributed by atoms with Crippen molar-refractivity contribution in [1.82, 2.24) is 0 Å². The molecule has 1 atom stereocenters. The number of nitrogens with zero attached hydrogens (tertiary/aromatic N) is 1. The van der Waals surface area contributed by atoms with Crippen LogP contribution < -0.4 is 4.90 Å². The van der Waals surface area contributed by atoms with Gasteiger partial charge in [0, 0.05) is 24.3 Å². The molecule has 0 spiro atoms. The molecule has 0 amide bonds. The van der Waals surface area contributed by atoms with Gasteiger partial charge in [0.1, 0.15) is 0 Å². The molecule has 2 nitrogen and oxygen atoms in total. The van der Waals surface area contributed by atoms with Gasteiger partial charge >= 0.3 is 0 Å². The third-order valence-corrected chi connectivity index (χ3v) is 4.14. The van der Waals surface area contributed by atoms with E-state index in [9.17, 15) is 5.11 Å². The number of anilines is 1. The molecule has 1 saturated heterocycles. The number of hydrogen-bond acceptors (Lipinski definition) is 2. The first kappa shape index (κ1) is 13.4. The summed E-state index contributed by atoms with van der Waals surface area (Å²) < 4.78 is 0. The van der Waals surface area contributed by atoms with Crippen molar-refractivity contribution in [3.63, 3.8) is 0 Å². The molecule has 0 saturated carbocycles. The summed E-state index contributed by atoms with van der Waals surface area (Å²) in [5.74, 6) is 0. The van der Waals surface area contributed by atoms with Gasteiger partial charge in [0.15, 0.2) is 0 Å². The SMILES string of the molecule is CCC(O)c1ccccc1N1CCC(C)(C)CC1. The van der Waals surface area contributed by atoms with Crippen LogP contribution in [0.5, 0.6) is 0 Å². The lowest BCUT2D eigenvalue weighted by Crippen LogP contribution is -2.37. The molecule has 2 heteroatoms. The highest BCUT2D eigenvalue weighted by molar-refractivity contribution is 5.55. The van der Waals surface area contributed by atoms with Gasteiger partial charge in [0.25, 0.3) is 0 Å². The summed E-state index contributed by atoms with van der Waals surface area (Å²) in [6, 6.07) is 8.29. The van der Waals surface area contributed by atoms with Gasteiger partial charge in [-0.05, 0) is 30.7 Å². The van der Waals surface area contributed by atoms with E-state index in [1.165, 1.54) is 18.5 Å². The lowest BCUT2D eigenvalue weighted by Gasteiger charge is -2.39. The smallest absolute Gasteiger partial charge is 0.0807 e. The molecule has 1 aliphatic heterocycles. The van der Waals surface area contributed by atoms with Crippen LogP contribution in [0.25, 0.3) is 0 Å². The average molecular weight is 247 g/mol. The number of para-hydroxylation sites is 1. The molecule has 1 aliphatic rings. The van der Waals surface area contributed by atoms with Crippen molar-refractivity contribution < 1.29 is 5.11 Å². The number of aliphatic hydroxyl groups excluding tert-OH is 1. The zero-order chi connectivity index (χ0) is 13.2. The van der Waals surface area contributed by atoms with Crippen LogP contribution in [-0.2, 0) is 0 Å². The fourth-order valence-corrected chi connectivity index (χ4v) is 2.63. The van der Waals surface area contributed by atoms with E-state index in [-0.39, 0.29) is 6.10 Å². The largest absolute Gasteiger partial charge is 0.388 e. The van der Waals surface area contributed by atoms with Crippen molar-refractivity contribution >= 4 is 5.69 Å². The maximum Gasteiger partial charge on any atom is 0.0807 e. The second-order valence-corrected chi connectivity index (χ2v) is 6.13. The first-order valence-corrected chi connectivity index (χ1v) is 7.05. The highest BCUT2D eigenvalue weighted by Gasteiger charge is 2.26. The van der Waals surface area contributed by atoms with E-state index in [1.54, 1.807) is 0 Å². The Hall–Kier alpha value is -1.02. The fourth-order valence-electron chi connectivity index (χ4n) is 2.63. The predicted octanol–water partition coefficient (Wildman–Crippen LogP) is 3.76. The van der Waals surface area contributed by atoms with Gasteiger partial charge in [-0.3, -0.25) is 0 Å². The Morgan fingerprint density at radius 3 is 2.44 bits per heavy atom. The number of rotatable bonds is 3. The Morgan fingerprint density at radius 1 is 1.22 bits per heavy atom. The van der Waals surface area contributed by atoms with E-state index in [1.807, 2.05) is 13.0 Å². The van der Waals surface area contributed by atoms with Crippen LogP contribution in [0.2, 0.25) is 0 Å². The molecule has 1 aromatic rings. The number of piperidine rings is 1. The van der Waals surface area contributed by atoms with Crippen molar-refractivity contribution in [2.75, 3.05) is 18.0 Å². The third-order valence-electron chi connectivity index (χ3n) is 4.14. The Bertz CT molecular complexity index is 390. The van der Waals surface area contributed by atoms with Gasteiger partial charge in [-0.1, -0.05) is 39.0 Å². The van der Waals surface area contributed by atoms with Crippen molar-refractivity contribution in [1.29, 1.82) is 0 Å². The van der Waals surface area contributed by atoms with Crippen molar-refractivity contribution in [3.8, 4) is 0 Å². The predicted molar refractivity (Wildman–Crippen MR) is 76.9 cm³/mol. The lowest BCUT2D eigenvalue weighted by atomic mass is 9.82. The Kier molecular flexibility index (Phi) is 3.96. The Balaban J connectivity index is 2.19. The number of benzene rings is 1. The molecule has 100 valence electrons. The number of hydrogen-bond donors (Lipinski definition) is 1. The monoisotopic (exact) mass is 247 g/mol. The molecule has 1 heterocycles. The molecule has 0 aliphatic carbocycles. The Morgan fingerprint density at radius 2 is 1.83 bits per heavy atom. The molecular weight excluding hydrogens is 222 g/mol. The zero-order valence-electron chi connectivity index (χ0n) is 11.8. The summed E-state index contributed by atoms with van der Waals surface area (Å²) in [5.41, 5.74) is 2.77. The van der Waals surface area contributed by atoms with E-state index in [0.717, 1.165) is 25.1 Å². The van der Waals surface area contributed by atoms with Gasteiger partial charge in [-0.2, -0.15) is 0 Å². The maximum atomic E-state index is 10.1. The first-order chi connectivity index (χ1) is 8.53. The minimum Gasteiger partial charge on any atom is -0.388 e. The number of aliphatic hydroxyl groups is 1. The van der Waals surface area contributed by atoms with Crippen LogP contribution >= 0.6 is 0 Å². The van der Waals surface area contributed by atoms with Gasteiger partial charge in [-0.15, -0.1) is 0 Å². The van der Waals surface area contributed by atoms with Crippen LogP contribution in [0.4, 0.5) is 5.69 Å². The van der Waals surface area contributed by atoms with E-state index in [0.29, 0.717) is 5.41 Å². The molecule has 1 aromatic carbocycles. The summed E-state index contributed by atoms with van der Waals surface area (Å²) in [5, 5.41) is 10.1. The first-order valence-electron chi connectivity index (χ1n) is 7.05. The van der Waals surface area contributed by atoms with E-state index in [2.05, 4.69) is 36.9 Å². The molecular formula is C16H25NO. The second-order valence-electron chi connectivity index (χ2n) is 6.13. The zero-order valence-corrected chi connectivity index (χ0v) is 11.8. The topological polar surface area (TPSA) is 23.5 Å². The molecule has 18 heavy (non-hydrogen) atoms. The third kappa shape index (κ3) is 2.86. The van der Waals surface area contributed by atoms with Crippen LogP contribution in [0.3, 0.4) is 0 Å². The maximum absolute atomic E-state index is 10.1. The summed E-state index contributed by atoms with van der Waals surface area (Å²) in [6.07, 6.45) is 2.89. The van der Waals surface area contributed by atoms with E-state index in [4.69, 9.17) is 0 Å². The standard InChI is InChI=1S/C16H25NO/c1-4-15(18)13-7-5-6-8-14(13)17-11-9-16(2,3)10-12-17/h5-8,15,18H,4,9-12H2,1-3H3. The second kappa shape index (κ2) is 5.31. The van der Waals surface area contributed by atoms with Crippen molar-refractivity contribution in [3.05, 3.63) is 29.8 Å². The van der Waals surface area contributed by atoms with Gasteiger partial charge in [0.05, 0.1) is 6.10 Å². The van der Waals surface area contributed by atoms with Crippen LogP contribution in [0.1, 0.15) is 51.7 Å². The minimum atomic E-state index is -0.337. The van der Waals surface area contributed by atoms with E-state index < -0.39 is 0 Å². The molecule has 1 unspecified atom stereocenters. The lowest BCUT2D eigenvalue weighted by molar-refractivity contribution is 0.173. The van der Waals surface area contributed by atoms with Crippen molar-refractivity contribution in [2.45, 2.75) is 46.1 Å². The normalized spacial score (nSPS) is 20.8. The van der Waals surface area contributed by atoms with Crippen LogP contribution in [0, 0.1) is 5.41 Å². The Labute approximate surface area is 111 Å². The van der Waals surface area contributed by atoms with E-state index >= 15 is 0 Å². The summed E-state index contributed by atoms with van der Waals surface area (Å²) in [7, 11) is 0. The van der Waals surface area contributed by atoms with Gasteiger partial charge < -0.3 is 10.0 Å². The molecule has 0 aromatic heterocycles. The summed E-state index contributed by atoms with van der Waals surface area (Å²) >= 11 is 0. The molecule has 1 fully saturated rings. The molecule has 1 N–H and O–H groups in total. The van der Waals surface area contributed by atoms with Gasteiger partial charge in [0.2, 0.25) is 0 Å². The van der Waals surface area contributed by atoms with Gasteiger partial charge in [-0.25, -0.2) is 0 Å². The fraction of sp³-hybridized carbons (Fsp3) is 0.625. The average Bonchev–Trinajstić information content (AvgIpc) is 2.38. The highest BCUT2D eigenvalue weighted by Crippen LogP contribution is 2.35. The highest BCUT2D eigenvalue weighted by atomic mass is 16.3. The summed E-state index contributed by atoms with van der Waals surface area (Å²) in [6.45, 7) is 8.91.